The van der Waals surface area contributed by atoms with Crippen LogP contribution in [0.25, 0.3) is 0 Å². The molecule has 0 saturated carbocycles. The van der Waals surface area contributed by atoms with Gasteiger partial charge in [-0.2, -0.15) is 10.4 Å². The lowest BCUT2D eigenvalue weighted by molar-refractivity contribution is -0.143. The number of rotatable bonds is 4. The third-order valence-electron chi connectivity index (χ3n) is 2.68. The molecule has 0 spiro atoms. The smallest absolute Gasteiger partial charge is 0.323 e. The molecule has 1 unspecified atom stereocenters. The zero-order valence-electron chi connectivity index (χ0n) is 9.73. The number of aryl methyl sites for hydroxylation is 2. The molecule has 0 amide bonds. The summed E-state index contributed by atoms with van der Waals surface area (Å²) < 4.78 is 6.32. The monoisotopic (exact) mass is 221 g/mol. The molecule has 1 rings (SSSR count). The fourth-order valence-electron chi connectivity index (χ4n) is 1.47. The van der Waals surface area contributed by atoms with Gasteiger partial charge < -0.3 is 4.74 Å². The van der Waals surface area contributed by atoms with E-state index in [0.29, 0.717) is 12.8 Å². The predicted octanol–water partition coefficient (Wildman–Crippen LogP) is 0.974. The summed E-state index contributed by atoms with van der Waals surface area (Å²) >= 11 is 0. The number of carbonyl (C=O) groups is 1. The number of esters is 1. The molecule has 16 heavy (non-hydrogen) atoms. The fourth-order valence-corrected chi connectivity index (χ4v) is 1.47. The molecule has 0 aliphatic carbocycles. The number of nitriles is 1. The number of methoxy groups -OCH3 is 1. The SMILES string of the molecule is COC(=O)C(C#N)CCc1cnn(C)c1C. The standard InChI is InChI=1S/C11H15N3O2/c1-8-10(7-13-14(8)2)5-4-9(6-12)11(15)16-3/h7,9H,4-5H2,1-3H3. The Balaban J connectivity index is 2.60. The summed E-state index contributed by atoms with van der Waals surface area (Å²) in [6.07, 6.45) is 2.89. The van der Waals surface area contributed by atoms with Gasteiger partial charge in [-0.25, -0.2) is 0 Å². The van der Waals surface area contributed by atoms with Crippen LogP contribution >= 0.6 is 0 Å². The Labute approximate surface area is 94.6 Å². The average molecular weight is 221 g/mol. The molecule has 0 saturated heterocycles. The predicted molar refractivity (Wildman–Crippen MR) is 57.4 cm³/mol. The van der Waals surface area contributed by atoms with Gasteiger partial charge in [-0.3, -0.25) is 9.48 Å². The molecule has 0 N–H and O–H groups in total. The molecule has 0 radical (unpaired) electrons. The third-order valence-corrected chi connectivity index (χ3v) is 2.68. The lowest BCUT2D eigenvalue weighted by Crippen LogP contribution is -2.15. The maximum Gasteiger partial charge on any atom is 0.323 e. The van der Waals surface area contributed by atoms with Crippen molar-refractivity contribution >= 4 is 5.97 Å². The number of ether oxygens (including phenoxy) is 1. The van der Waals surface area contributed by atoms with E-state index in [1.165, 1.54) is 7.11 Å². The van der Waals surface area contributed by atoms with Gasteiger partial charge in [-0.15, -0.1) is 0 Å². The summed E-state index contributed by atoms with van der Waals surface area (Å²) in [5.41, 5.74) is 2.12. The minimum atomic E-state index is -0.690. The van der Waals surface area contributed by atoms with Gasteiger partial charge in [0, 0.05) is 12.7 Å². The molecule has 0 fully saturated rings. The van der Waals surface area contributed by atoms with Crippen LogP contribution in [0.4, 0.5) is 0 Å². The largest absolute Gasteiger partial charge is 0.468 e. The molecule has 1 atom stereocenters. The van der Waals surface area contributed by atoms with Crippen LogP contribution < -0.4 is 0 Å². The van der Waals surface area contributed by atoms with E-state index in [1.54, 1.807) is 10.9 Å². The van der Waals surface area contributed by atoms with Crippen molar-refractivity contribution in [3.63, 3.8) is 0 Å². The summed E-state index contributed by atoms with van der Waals surface area (Å²) in [6, 6.07) is 1.95. The minimum absolute atomic E-state index is 0.468. The van der Waals surface area contributed by atoms with Gasteiger partial charge in [0.05, 0.1) is 19.4 Å². The van der Waals surface area contributed by atoms with E-state index in [4.69, 9.17) is 5.26 Å². The Morgan fingerprint density at radius 2 is 2.44 bits per heavy atom. The maximum atomic E-state index is 11.2. The van der Waals surface area contributed by atoms with E-state index in [9.17, 15) is 4.79 Å². The van der Waals surface area contributed by atoms with Gasteiger partial charge in [-0.1, -0.05) is 0 Å². The van der Waals surface area contributed by atoms with Crippen LogP contribution in [-0.2, 0) is 23.0 Å². The summed E-state index contributed by atoms with van der Waals surface area (Å²) in [5.74, 6) is -1.16. The van der Waals surface area contributed by atoms with Gasteiger partial charge in [0.1, 0.15) is 5.92 Å². The molecule has 86 valence electrons. The first-order chi connectivity index (χ1) is 7.60. The zero-order valence-corrected chi connectivity index (χ0v) is 9.73. The van der Waals surface area contributed by atoms with Crippen molar-refractivity contribution in [3.05, 3.63) is 17.5 Å². The molecule has 1 heterocycles. The van der Waals surface area contributed by atoms with Crippen molar-refractivity contribution in [1.82, 2.24) is 9.78 Å². The minimum Gasteiger partial charge on any atom is -0.468 e. The zero-order chi connectivity index (χ0) is 12.1. The van der Waals surface area contributed by atoms with Crippen LogP contribution in [0.5, 0.6) is 0 Å². The van der Waals surface area contributed by atoms with Gasteiger partial charge in [-0.05, 0) is 25.3 Å². The molecular weight excluding hydrogens is 206 g/mol. The molecule has 0 aromatic carbocycles. The molecular formula is C11H15N3O2. The highest BCUT2D eigenvalue weighted by atomic mass is 16.5. The van der Waals surface area contributed by atoms with Crippen LogP contribution in [0.1, 0.15) is 17.7 Å². The second-order valence-corrected chi connectivity index (χ2v) is 3.62. The van der Waals surface area contributed by atoms with Crippen molar-refractivity contribution in [2.24, 2.45) is 13.0 Å². The Hall–Kier alpha value is -1.83. The summed E-state index contributed by atoms with van der Waals surface area (Å²) in [7, 11) is 3.16. The van der Waals surface area contributed by atoms with Gasteiger partial charge in [0.15, 0.2) is 0 Å². The lowest BCUT2D eigenvalue weighted by atomic mass is 10.0. The van der Waals surface area contributed by atoms with Crippen LogP contribution in [0.3, 0.4) is 0 Å². The second kappa shape index (κ2) is 5.31. The molecule has 5 nitrogen and oxygen atoms in total. The molecule has 1 aromatic rings. The normalized spacial score (nSPS) is 11.9. The van der Waals surface area contributed by atoms with Gasteiger partial charge in [0.25, 0.3) is 0 Å². The number of carbonyl (C=O) groups excluding carboxylic acids is 1. The highest BCUT2D eigenvalue weighted by Gasteiger charge is 2.18. The van der Waals surface area contributed by atoms with E-state index in [1.807, 2.05) is 20.0 Å². The van der Waals surface area contributed by atoms with Crippen molar-refractivity contribution in [2.45, 2.75) is 19.8 Å². The summed E-state index contributed by atoms with van der Waals surface area (Å²) in [4.78, 5) is 11.2. The number of hydrogen-bond donors (Lipinski definition) is 0. The van der Waals surface area contributed by atoms with Crippen LogP contribution in [0.2, 0.25) is 0 Å². The van der Waals surface area contributed by atoms with Gasteiger partial charge >= 0.3 is 5.97 Å². The number of aromatic nitrogens is 2. The van der Waals surface area contributed by atoms with Crippen LogP contribution in [0.15, 0.2) is 6.20 Å². The van der Waals surface area contributed by atoms with E-state index >= 15 is 0 Å². The second-order valence-electron chi connectivity index (χ2n) is 3.62. The quantitative estimate of drug-likeness (QED) is 0.710. The summed E-state index contributed by atoms with van der Waals surface area (Å²) in [6.45, 7) is 1.96. The van der Waals surface area contributed by atoms with Crippen molar-refractivity contribution in [2.75, 3.05) is 7.11 Å². The topological polar surface area (TPSA) is 67.9 Å². The Morgan fingerprint density at radius 1 is 1.75 bits per heavy atom. The molecule has 1 aromatic heterocycles. The van der Waals surface area contributed by atoms with E-state index in [2.05, 4.69) is 9.84 Å². The van der Waals surface area contributed by atoms with E-state index in [0.717, 1.165) is 11.3 Å². The van der Waals surface area contributed by atoms with E-state index in [-0.39, 0.29) is 0 Å². The third kappa shape index (κ3) is 2.60. The molecule has 0 aliphatic rings. The van der Waals surface area contributed by atoms with E-state index < -0.39 is 11.9 Å². The van der Waals surface area contributed by atoms with Crippen LogP contribution in [0, 0.1) is 24.2 Å². The molecule has 0 bridgehead atoms. The summed E-state index contributed by atoms with van der Waals surface area (Å²) in [5, 5.41) is 12.9. The lowest BCUT2D eigenvalue weighted by Gasteiger charge is -2.06. The van der Waals surface area contributed by atoms with Gasteiger partial charge in [0.2, 0.25) is 0 Å². The molecule has 5 heteroatoms. The first-order valence-electron chi connectivity index (χ1n) is 5.05. The fraction of sp³-hybridized carbons (Fsp3) is 0.545. The highest BCUT2D eigenvalue weighted by molar-refractivity contribution is 5.74. The Kier molecular flexibility index (Phi) is 4.06. The Bertz CT molecular complexity index is 417. The maximum absolute atomic E-state index is 11.2. The first kappa shape index (κ1) is 12.2. The van der Waals surface area contributed by atoms with Crippen molar-refractivity contribution in [1.29, 1.82) is 5.26 Å². The Morgan fingerprint density at radius 3 is 2.88 bits per heavy atom. The number of nitrogens with zero attached hydrogens (tertiary/aromatic N) is 3. The average Bonchev–Trinajstić information content (AvgIpc) is 2.61. The van der Waals surface area contributed by atoms with Crippen LogP contribution in [-0.4, -0.2) is 22.9 Å². The highest BCUT2D eigenvalue weighted by Crippen LogP contribution is 2.13. The first-order valence-corrected chi connectivity index (χ1v) is 5.05. The van der Waals surface area contributed by atoms with Crippen molar-refractivity contribution in [3.8, 4) is 6.07 Å². The number of hydrogen-bond acceptors (Lipinski definition) is 4. The van der Waals surface area contributed by atoms with Crippen molar-refractivity contribution < 1.29 is 9.53 Å². The molecule has 0 aliphatic heterocycles.